The fourth-order valence-corrected chi connectivity index (χ4v) is 3.24. The number of aromatic amines is 1. The molecule has 1 amide bonds. The average molecular weight is 426 g/mol. The maximum Gasteiger partial charge on any atom is 0.405 e. The molecular formula is C19H19ClF3N5O. The first-order valence-electron chi connectivity index (χ1n) is 8.75. The third-order valence-electron chi connectivity index (χ3n) is 4.76. The van der Waals surface area contributed by atoms with Crippen molar-refractivity contribution in [2.24, 2.45) is 11.7 Å². The summed E-state index contributed by atoms with van der Waals surface area (Å²) in [4.78, 5) is 24.0. The van der Waals surface area contributed by atoms with E-state index >= 15 is 0 Å². The molecule has 0 aliphatic rings. The molecule has 4 N–H and O–H groups in total. The molecular weight excluding hydrogens is 407 g/mol. The van der Waals surface area contributed by atoms with Gasteiger partial charge in [-0.15, -0.1) is 0 Å². The van der Waals surface area contributed by atoms with E-state index in [9.17, 15) is 18.0 Å². The lowest BCUT2D eigenvalue weighted by atomic mass is 9.80. The van der Waals surface area contributed by atoms with Crippen molar-refractivity contribution in [2.75, 3.05) is 6.54 Å². The normalized spacial score (nSPS) is 14.2. The van der Waals surface area contributed by atoms with E-state index in [4.69, 9.17) is 17.3 Å². The number of nitrogens with one attached hydrogen (secondary N) is 2. The van der Waals surface area contributed by atoms with Gasteiger partial charge in [-0.2, -0.15) is 13.2 Å². The van der Waals surface area contributed by atoms with Crippen molar-refractivity contribution in [3.05, 3.63) is 47.5 Å². The minimum Gasteiger partial charge on any atom is -0.346 e. The van der Waals surface area contributed by atoms with E-state index in [1.165, 1.54) is 12.4 Å². The predicted octanol–water partition coefficient (Wildman–Crippen LogP) is 3.77. The van der Waals surface area contributed by atoms with Crippen molar-refractivity contribution in [2.45, 2.75) is 25.6 Å². The van der Waals surface area contributed by atoms with E-state index in [1.54, 1.807) is 38.4 Å². The molecule has 0 spiro atoms. The topological polar surface area (TPSA) is 96.7 Å². The van der Waals surface area contributed by atoms with Gasteiger partial charge in [-0.3, -0.25) is 9.78 Å². The highest BCUT2D eigenvalue weighted by molar-refractivity contribution is 6.31. The summed E-state index contributed by atoms with van der Waals surface area (Å²) < 4.78 is 37.7. The molecule has 0 bridgehead atoms. The number of rotatable bonds is 5. The van der Waals surface area contributed by atoms with Crippen molar-refractivity contribution in [1.29, 1.82) is 0 Å². The second kappa shape index (κ2) is 7.64. The number of nitrogens with zero attached hydrogens (tertiary/aromatic N) is 2. The third kappa shape index (κ3) is 4.20. The minimum atomic E-state index is -4.54. The maximum absolute atomic E-state index is 12.6. The summed E-state index contributed by atoms with van der Waals surface area (Å²) in [5.74, 6) is -1.42. The number of hydrogen-bond donors (Lipinski definition) is 3. The van der Waals surface area contributed by atoms with E-state index < -0.39 is 30.1 Å². The van der Waals surface area contributed by atoms with Crippen LogP contribution in [0.4, 0.5) is 13.2 Å². The number of nitrogens with two attached hydrogens (primary N) is 1. The lowest BCUT2D eigenvalue weighted by molar-refractivity contribution is -0.143. The SMILES string of the molecule is CC(C)[C@](N)(C(=O)NCC(F)(F)F)c1cncc(-c2c[nH]c3ncc(Cl)cc23)c1. The number of fused-ring (bicyclic) bond motifs is 1. The van der Waals surface area contributed by atoms with Gasteiger partial charge in [-0.25, -0.2) is 4.98 Å². The van der Waals surface area contributed by atoms with E-state index in [-0.39, 0.29) is 0 Å². The van der Waals surface area contributed by atoms with E-state index in [0.29, 0.717) is 21.8 Å². The van der Waals surface area contributed by atoms with Gasteiger partial charge >= 0.3 is 6.18 Å². The standard InChI is InChI=1S/C19H19ClF3N5O/c1-10(2)19(24,17(29)28-9-18(21,22)23)12-3-11(5-25-6-12)15-8-27-16-14(15)4-13(20)7-26-16/h3-8,10H,9,24H2,1-2H3,(H,26,27)(H,28,29)/t19-/m1/s1. The largest absolute Gasteiger partial charge is 0.405 e. The summed E-state index contributed by atoms with van der Waals surface area (Å²) in [5.41, 5.74) is 6.90. The molecule has 3 aromatic heterocycles. The maximum atomic E-state index is 12.6. The quantitative estimate of drug-likeness (QED) is 0.579. The fraction of sp³-hybridized carbons (Fsp3) is 0.316. The average Bonchev–Trinajstić information content (AvgIpc) is 3.07. The highest BCUT2D eigenvalue weighted by atomic mass is 35.5. The molecule has 0 aromatic carbocycles. The van der Waals surface area contributed by atoms with E-state index in [2.05, 4.69) is 15.0 Å². The number of hydrogen-bond acceptors (Lipinski definition) is 4. The Morgan fingerprint density at radius 1 is 1.28 bits per heavy atom. The molecule has 3 aromatic rings. The molecule has 0 saturated carbocycles. The van der Waals surface area contributed by atoms with Crippen molar-refractivity contribution < 1.29 is 18.0 Å². The van der Waals surface area contributed by atoms with Crippen LogP contribution in [0.1, 0.15) is 19.4 Å². The van der Waals surface area contributed by atoms with Gasteiger partial charge in [0.2, 0.25) is 5.91 Å². The van der Waals surface area contributed by atoms with Gasteiger partial charge in [0.15, 0.2) is 0 Å². The third-order valence-corrected chi connectivity index (χ3v) is 4.97. The summed E-state index contributed by atoms with van der Waals surface area (Å²) in [6.45, 7) is 1.86. The molecule has 154 valence electrons. The van der Waals surface area contributed by atoms with Crippen LogP contribution < -0.4 is 11.1 Å². The van der Waals surface area contributed by atoms with Crippen LogP contribution in [0.15, 0.2) is 36.9 Å². The molecule has 1 atom stereocenters. The Morgan fingerprint density at radius 3 is 2.66 bits per heavy atom. The van der Waals surface area contributed by atoms with Gasteiger partial charge < -0.3 is 16.0 Å². The van der Waals surface area contributed by atoms with Crippen LogP contribution in [0.25, 0.3) is 22.2 Å². The van der Waals surface area contributed by atoms with Gasteiger partial charge in [0.1, 0.15) is 17.7 Å². The number of carbonyl (C=O) groups is 1. The lowest BCUT2D eigenvalue weighted by Crippen LogP contribution is -2.56. The zero-order valence-corrected chi connectivity index (χ0v) is 16.4. The van der Waals surface area contributed by atoms with Gasteiger partial charge in [-0.1, -0.05) is 25.4 Å². The highest BCUT2D eigenvalue weighted by Crippen LogP contribution is 2.33. The zero-order valence-electron chi connectivity index (χ0n) is 15.6. The Morgan fingerprint density at radius 2 is 2.00 bits per heavy atom. The van der Waals surface area contributed by atoms with Crippen molar-refractivity contribution in [1.82, 2.24) is 20.3 Å². The van der Waals surface area contributed by atoms with Gasteiger partial charge in [0.05, 0.1) is 5.02 Å². The second-order valence-electron chi connectivity index (χ2n) is 7.04. The summed E-state index contributed by atoms with van der Waals surface area (Å²) in [7, 11) is 0. The number of alkyl halides is 3. The van der Waals surface area contributed by atoms with Crippen LogP contribution in [0.3, 0.4) is 0 Å². The molecule has 0 unspecified atom stereocenters. The Labute approximate surface area is 169 Å². The van der Waals surface area contributed by atoms with Gasteiger partial charge in [-0.05, 0) is 18.1 Å². The predicted molar refractivity (Wildman–Crippen MR) is 104 cm³/mol. The summed E-state index contributed by atoms with van der Waals surface area (Å²) in [6.07, 6.45) is 1.64. The minimum absolute atomic E-state index is 0.300. The number of halogens is 4. The van der Waals surface area contributed by atoms with E-state index in [0.717, 1.165) is 10.9 Å². The monoisotopic (exact) mass is 425 g/mol. The molecule has 3 heterocycles. The van der Waals surface area contributed by atoms with Crippen molar-refractivity contribution in [3.63, 3.8) is 0 Å². The number of amides is 1. The summed E-state index contributed by atoms with van der Waals surface area (Å²) >= 11 is 6.04. The number of carbonyl (C=O) groups excluding carboxylic acids is 1. The van der Waals surface area contributed by atoms with Crippen molar-refractivity contribution in [3.8, 4) is 11.1 Å². The number of H-pyrrole nitrogens is 1. The van der Waals surface area contributed by atoms with Crippen LogP contribution in [0, 0.1) is 5.92 Å². The fourth-order valence-electron chi connectivity index (χ4n) is 3.08. The van der Waals surface area contributed by atoms with Crippen LogP contribution in [0.5, 0.6) is 0 Å². The Kier molecular flexibility index (Phi) is 5.55. The Balaban J connectivity index is 2.03. The summed E-state index contributed by atoms with van der Waals surface area (Å²) in [6, 6.07) is 3.38. The molecule has 10 heteroatoms. The van der Waals surface area contributed by atoms with Crippen LogP contribution in [-0.4, -0.2) is 33.6 Å². The molecule has 3 rings (SSSR count). The first-order chi connectivity index (χ1) is 13.5. The van der Waals surface area contributed by atoms with Crippen LogP contribution in [-0.2, 0) is 10.3 Å². The van der Waals surface area contributed by atoms with Crippen molar-refractivity contribution >= 4 is 28.5 Å². The molecule has 29 heavy (non-hydrogen) atoms. The van der Waals surface area contributed by atoms with E-state index in [1.807, 2.05) is 5.32 Å². The molecule has 0 radical (unpaired) electrons. The summed E-state index contributed by atoms with van der Waals surface area (Å²) in [5, 5.41) is 3.07. The highest BCUT2D eigenvalue weighted by Gasteiger charge is 2.41. The van der Waals surface area contributed by atoms with Crippen LogP contribution in [0.2, 0.25) is 5.02 Å². The van der Waals surface area contributed by atoms with Gasteiger partial charge in [0, 0.05) is 46.9 Å². The van der Waals surface area contributed by atoms with Crippen LogP contribution >= 0.6 is 11.6 Å². The molecule has 0 aliphatic heterocycles. The number of aromatic nitrogens is 3. The Bertz CT molecular complexity index is 1050. The molecule has 0 saturated heterocycles. The Hall–Kier alpha value is -2.65. The lowest BCUT2D eigenvalue weighted by Gasteiger charge is -2.32. The molecule has 0 aliphatic carbocycles. The first-order valence-corrected chi connectivity index (χ1v) is 9.12. The molecule has 0 fully saturated rings. The second-order valence-corrected chi connectivity index (χ2v) is 7.47. The smallest absolute Gasteiger partial charge is 0.346 e. The first kappa shape index (κ1) is 21.1. The number of pyridine rings is 2. The van der Waals surface area contributed by atoms with Gasteiger partial charge in [0.25, 0.3) is 0 Å². The zero-order chi connectivity index (χ0) is 21.4. The molecule has 6 nitrogen and oxygen atoms in total.